The number of amides is 1. The maximum Gasteiger partial charge on any atom is 0.264 e. The number of morpholine rings is 1. The summed E-state index contributed by atoms with van der Waals surface area (Å²) >= 11 is 5.94. The second-order valence-corrected chi connectivity index (χ2v) is 10.3. The second-order valence-electron chi connectivity index (χ2n) is 8.26. The zero-order valence-corrected chi connectivity index (χ0v) is 22.7. The molecule has 0 spiro atoms. The molecule has 2 N–H and O–H groups in total. The Balaban J connectivity index is 1.69. The summed E-state index contributed by atoms with van der Waals surface area (Å²) in [6, 6.07) is 14.1. The minimum Gasteiger partial charge on any atom is -0.493 e. The number of carbonyl (C=O) groups excluding carboxylic acids is 1. The zero-order chi connectivity index (χ0) is 27.3. The average Bonchev–Trinajstić information content (AvgIpc) is 2.93. The van der Waals surface area contributed by atoms with Crippen molar-refractivity contribution in [2.75, 3.05) is 62.6 Å². The molecule has 0 aliphatic carbocycles. The smallest absolute Gasteiger partial charge is 0.264 e. The second kappa shape index (κ2) is 11.8. The van der Waals surface area contributed by atoms with Gasteiger partial charge >= 0.3 is 0 Å². The number of carbonyl (C=O) groups is 1. The Bertz CT molecular complexity index is 1380. The van der Waals surface area contributed by atoms with E-state index in [2.05, 4.69) is 10.0 Å². The van der Waals surface area contributed by atoms with Crippen LogP contribution in [0.1, 0.15) is 10.4 Å². The molecular formula is C26H28ClN3O7S. The monoisotopic (exact) mass is 561 g/mol. The molecule has 4 rings (SSSR count). The van der Waals surface area contributed by atoms with Crippen molar-refractivity contribution in [2.45, 2.75) is 4.90 Å². The number of sulfonamides is 1. The van der Waals surface area contributed by atoms with Gasteiger partial charge in [0.2, 0.25) is 5.75 Å². The number of halogens is 1. The Labute approximate surface area is 226 Å². The lowest BCUT2D eigenvalue weighted by Crippen LogP contribution is -2.37. The fourth-order valence-corrected chi connectivity index (χ4v) is 5.45. The van der Waals surface area contributed by atoms with Gasteiger partial charge in [0.15, 0.2) is 11.5 Å². The van der Waals surface area contributed by atoms with Crippen molar-refractivity contribution < 1.29 is 32.2 Å². The fraction of sp³-hybridized carbons (Fsp3) is 0.269. The highest BCUT2D eigenvalue weighted by molar-refractivity contribution is 7.92. The van der Waals surface area contributed by atoms with Gasteiger partial charge in [0.1, 0.15) is 4.90 Å². The first kappa shape index (κ1) is 27.4. The molecular weight excluding hydrogens is 534 g/mol. The van der Waals surface area contributed by atoms with Crippen LogP contribution >= 0.6 is 11.6 Å². The largest absolute Gasteiger partial charge is 0.493 e. The van der Waals surface area contributed by atoms with Crippen LogP contribution in [-0.4, -0.2) is 62.0 Å². The van der Waals surface area contributed by atoms with Crippen LogP contribution in [0.5, 0.6) is 17.2 Å². The topological polar surface area (TPSA) is 115 Å². The summed E-state index contributed by atoms with van der Waals surface area (Å²) in [4.78, 5) is 15.1. The summed E-state index contributed by atoms with van der Waals surface area (Å²) in [6.45, 7) is 2.01. The number of methoxy groups -OCH3 is 3. The van der Waals surface area contributed by atoms with Crippen molar-refractivity contribution in [2.24, 2.45) is 0 Å². The number of nitrogens with zero attached hydrogens (tertiary/aromatic N) is 1. The van der Waals surface area contributed by atoms with Gasteiger partial charge in [-0.15, -0.1) is 0 Å². The summed E-state index contributed by atoms with van der Waals surface area (Å²) in [5.74, 6) is 0.491. The highest BCUT2D eigenvalue weighted by Gasteiger charge is 2.25. The number of rotatable bonds is 9. The summed E-state index contributed by atoms with van der Waals surface area (Å²) in [5, 5.41) is 3.25. The van der Waals surface area contributed by atoms with Crippen LogP contribution in [0.2, 0.25) is 5.02 Å². The predicted molar refractivity (Wildman–Crippen MR) is 146 cm³/mol. The van der Waals surface area contributed by atoms with Crippen molar-refractivity contribution in [1.82, 2.24) is 0 Å². The Morgan fingerprint density at radius 1 is 0.895 bits per heavy atom. The molecule has 0 atom stereocenters. The zero-order valence-electron chi connectivity index (χ0n) is 21.1. The van der Waals surface area contributed by atoms with E-state index in [1.165, 1.54) is 39.5 Å². The highest BCUT2D eigenvalue weighted by atomic mass is 35.5. The minimum atomic E-state index is -4.04. The lowest BCUT2D eigenvalue weighted by Gasteiger charge is -2.30. The quantitative estimate of drug-likeness (QED) is 0.398. The van der Waals surface area contributed by atoms with E-state index < -0.39 is 15.9 Å². The van der Waals surface area contributed by atoms with Crippen LogP contribution in [0.3, 0.4) is 0 Å². The van der Waals surface area contributed by atoms with Crippen molar-refractivity contribution in [3.05, 3.63) is 65.2 Å². The number of benzene rings is 3. The Morgan fingerprint density at radius 2 is 1.50 bits per heavy atom. The molecule has 0 radical (unpaired) electrons. The normalized spacial score (nSPS) is 13.5. The number of hydrogen-bond acceptors (Lipinski definition) is 8. The molecule has 3 aromatic carbocycles. The summed E-state index contributed by atoms with van der Waals surface area (Å²) in [5.41, 5.74) is 1.38. The van der Waals surface area contributed by atoms with E-state index in [4.69, 9.17) is 30.5 Å². The van der Waals surface area contributed by atoms with Crippen LogP contribution in [0.4, 0.5) is 17.1 Å². The molecule has 1 saturated heterocycles. The van der Waals surface area contributed by atoms with Gasteiger partial charge in [0, 0.05) is 35.1 Å². The van der Waals surface area contributed by atoms with Crippen LogP contribution in [0.15, 0.2) is 59.5 Å². The van der Waals surface area contributed by atoms with E-state index in [9.17, 15) is 13.2 Å². The molecule has 1 fully saturated rings. The van der Waals surface area contributed by atoms with Gasteiger partial charge in [0.05, 0.1) is 40.2 Å². The van der Waals surface area contributed by atoms with E-state index in [0.29, 0.717) is 59.9 Å². The third kappa shape index (κ3) is 6.07. The molecule has 38 heavy (non-hydrogen) atoms. The van der Waals surface area contributed by atoms with E-state index in [1.807, 2.05) is 4.90 Å². The molecule has 1 aliphatic heterocycles. The third-order valence-corrected chi connectivity index (χ3v) is 7.54. The molecule has 1 heterocycles. The maximum absolute atomic E-state index is 13.5. The van der Waals surface area contributed by atoms with Gasteiger partial charge in [0.25, 0.3) is 15.9 Å². The first-order valence-corrected chi connectivity index (χ1v) is 13.5. The summed E-state index contributed by atoms with van der Waals surface area (Å²) in [7, 11) is 0.331. The maximum atomic E-state index is 13.5. The fourth-order valence-electron chi connectivity index (χ4n) is 4.02. The molecule has 10 nitrogen and oxygen atoms in total. The summed E-state index contributed by atoms with van der Waals surface area (Å²) in [6.07, 6.45) is 0. The lowest BCUT2D eigenvalue weighted by molar-refractivity contribution is 0.102. The number of nitrogens with one attached hydrogen (secondary N) is 2. The van der Waals surface area contributed by atoms with Gasteiger partial charge in [-0.3, -0.25) is 9.52 Å². The lowest BCUT2D eigenvalue weighted by atomic mass is 10.1. The van der Waals surface area contributed by atoms with Gasteiger partial charge < -0.3 is 29.2 Å². The van der Waals surface area contributed by atoms with E-state index in [0.717, 1.165) is 0 Å². The Hall–Kier alpha value is -3.67. The molecule has 1 amide bonds. The minimum absolute atomic E-state index is 0.0112. The molecule has 202 valence electrons. The van der Waals surface area contributed by atoms with Gasteiger partial charge in [-0.1, -0.05) is 11.6 Å². The van der Waals surface area contributed by atoms with Gasteiger partial charge in [-0.2, -0.15) is 0 Å². The molecule has 3 aromatic rings. The summed E-state index contributed by atoms with van der Waals surface area (Å²) < 4.78 is 51.1. The van der Waals surface area contributed by atoms with Crippen LogP contribution < -0.4 is 29.1 Å². The van der Waals surface area contributed by atoms with Crippen LogP contribution in [-0.2, 0) is 14.8 Å². The molecule has 12 heteroatoms. The van der Waals surface area contributed by atoms with E-state index in [1.54, 1.807) is 36.4 Å². The highest BCUT2D eigenvalue weighted by Crippen LogP contribution is 2.38. The Kier molecular flexibility index (Phi) is 8.50. The van der Waals surface area contributed by atoms with Crippen LogP contribution in [0.25, 0.3) is 0 Å². The van der Waals surface area contributed by atoms with Crippen molar-refractivity contribution in [3.8, 4) is 17.2 Å². The average molecular weight is 562 g/mol. The third-order valence-electron chi connectivity index (χ3n) is 5.88. The first-order chi connectivity index (χ1) is 18.2. The SMILES string of the molecule is COc1cc(C(=O)Nc2ccc(N3CCOCC3)c(S(=O)(=O)Nc3ccc(Cl)cc3)c2)cc(OC)c1OC. The van der Waals surface area contributed by atoms with Crippen molar-refractivity contribution in [3.63, 3.8) is 0 Å². The number of hydrogen-bond donors (Lipinski definition) is 2. The molecule has 0 bridgehead atoms. The van der Waals surface area contributed by atoms with Crippen molar-refractivity contribution >= 4 is 44.6 Å². The standard InChI is InChI=1S/C26H28ClN3O7S/c1-34-22-14-17(15-23(35-2)25(22)36-3)26(31)28-20-8-9-21(30-10-12-37-13-11-30)24(16-20)38(32,33)29-19-6-4-18(27)5-7-19/h4-9,14-16,29H,10-13H2,1-3H3,(H,28,31). The molecule has 0 unspecified atom stereocenters. The predicted octanol–water partition coefficient (Wildman–Crippen LogP) is 4.26. The molecule has 0 saturated carbocycles. The number of anilines is 3. The van der Waals surface area contributed by atoms with E-state index >= 15 is 0 Å². The van der Waals surface area contributed by atoms with Crippen LogP contribution in [0, 0.1) is 0 Å². The van der Waals surface area contributed by atoms with Gasteiger partial charge in [-0.25, -0.2) is 8.42 Å². The first-order valence-electron chi connectivity index (χ1n) is 11.6. The molecule has 0 aromatic heterocycles. The van der Waals surface area contributed by atoms with Gasteiger partial charge in [-0.05, 0) is 54.6 Å². The number of ether oxygens (including phenoxy) is 4. The Morgan fingerprint density at radius 3 is 2.08 bits per heavy atom. The van der Waals surface area contributed by atoms with Crippen molar-refractivity contribution in [1.29, 1.82) is 0 Å². The van der Waals surface area contributed by atoms with E-state index in [-0.39, 0.29) is 16.1 Å². The molecule has 1 aliphatic rings.